The summed E-state index contributed by atoms with van der Waals surface area (Å²) in [4.78, 5) is 11.3. The van der Waals surface area contributed by atoms with E-state index >= 15 is 0 Å². The SMILES string of the molecule is CCOC(=O)CCCCC1CC1(C)CCCCCCCCC(C)(C)C. The number of hydrogen-bond donors (Lipinski definition) is 0. The second-order valence-electron chi connectivity index (χ2n) is 9.79. The van der Waals surface area contributed by atoms with Crippen molar-refractivity contribution in [3.05, 3.63) is 0 Å². The first-order valence-corrected chi connectivity index (χ1v) is 10.9. The topological polar surface area (TPSA) is 26.3 Å². The molecule has 0 aromatic rings. The van der Waals surface area contributed by atoms with E-state index in [1.165, 1.54) is 70.6 Å². The fraction of sp³-hybridized carbons (Fsp3) is 0.957. The molecule has 1 saturated carbocycles. The van der Waals surface area contributed by atoms with Crippen LogP contribution >= 0.6 is 0 Å². The van der Waals surface area contributed by atoms with Gasteiger partial charge in [-0.15, -0.1) is 0 Å². The molecule has 0 heterocycles. The molecule has 0 radical (unpaired) electrons. The summed E-state index contributed by atoms with van der Waals surface area (Å²) in [6.45, 7) is 11.9. The van der Waals surface area contributed by atoms with E-state index in [0.29, 0.717) is 23.9 Å². The molecule has 25 heavy (non-hydrogen) atoms. The van der Waals surface area contributed by atoms with Gasteiger partial charge in [0.25, 0.3) is 0 Å². The van der Waals surface area contributed by atoms with Gasteiger partial charge in [0, 0.05) is 6.42 Å². The summed E-state index contributed by atoms with van der Waals surface area (Å²) in [6, 6.07) is 0. The van der Waals surface area contributed by atoms with Gasteiger partial charge in [-0.25, -0.2) is 0 Å². The second-order valence-corrected chi connectivity index (χ2v) is 9.79. The predicted octanol–water partition coefficient (Wildman–Crippen LogP) is 7.30. The van der Waals surface area contributed by atoms with Crippen LogP contribution in [0.15, 0.2) is 0 Å². The van der Waals surface area contributed by atoms with Crippen molar-refractivity contribution in [2.24, 2.45) is 16.7 Å². The van der Waals surface area contributed by atoms with Gasteiger partial charge in [0.05, 0.1) is 6.61 Å². The highest BCUT2D eigenvalue weighted by molar-refractivity contribution is 5.69. The third kappa shape index (κ3) is 10.9. The highest BCUT2D eigenvalue weighted by atomic mass is 16.5. The maximum atomic E-state index is 11.3. The molecule has 2 unspecified atom stereocenters. The third-order valence-electron chi connectivity index (χ3n) is 5.95. The van der Waals surface area contributed by atoms with E-state index in [-0.39, 0.29) is 5.97 Å². The Morgan fingerprint density at radius 2 is 1.64 bits per heavy atom. The summed E-state index contributed by atoms with van der Waals surface area (Å²) in [5.74, 6) is 0.894. The molecule has 1 rings (SSSR count). The maximum Gasteiger partial charge on any atom is 0.305 e. The monoisotopic (exact) mass is 352 g/mol. The van der Waals surface area contributed by atoms with Crippen LogP contribution in [0.4, 0.5) is 0 Å². The van der Waals surface area contributed by atoms with Gasteiger partial charge in [0.15, 0.2) is 0 Å². The van der Waals surface area contributed by atoms with E-state index in [1.807, 2.05) is 6.92 Å². The second kappa shape index (κ2) is 11.2. The number of rotatable bonds is 14. The smallest absolute Gasteiger partial charge is 0.305 e. The summed E-state index contributed by atoms with van der Waals surface area (Å²) < 4.78 is 4.98. The zero-order valence-electron chi connectivity index (χ0n) is 17.8. The van der Waals surface area contributed by atoms with Crippen LogP contribution in [0.5, 0.6) is 0 Å². The normalized spacial score (nSPS) is 22.8. The van der Waals surface area contributed by atoms with Gasteiger partial charge in [-0.2, -0.15) is 0 Å². The Labute approximate surface area is 157 Å². The Morgan fingerprint density at radius 1 is 1.00 bits per heavy atom. The number of carbonyl (C=O) groups is 1. The van der Waals surface area contributed by atoms with Crippen LogP contribution in [-0.4, -0.2) is 12.6 Å². The molecule has 1 aliphatic rings. The molecule has 148 valence electrons. The minimum atomic E-state index is -0.0245. The van der Waals surface area contributed by atoms with Crippen molar-refractivity contribution in [2.75, 3.05) is 6.61 Å². The standard InChI is InChI=1S/C23H44O2/c1-6-25-21(24)16-12-11-15-20-19-23(20,5)18-14-10-8-7-9-13-17-22(2,3)4/h20H,6-19H2,1-5H3. The number of hydrogen-bond acceptors (Lipinski definition) is 2. The van der Waals surface area contributed by atoms with E-state index < -0.39 is 0 Å². The van der Waals surface area contributed by atoms with Gasteiger partial charge in [-0.3, -0.25) is 4.79 Å². The molecule has 0 aliphatic heterocycles. The summed E-state index contributed by atoms with van der Waals surface area (Å²) in [5.41, 5.74) is 1.13. The maximum absolute atomic E-state index is 11.3. The third-order valence-corrected chi connectivity index (χ3v) is 5.95. The van der Waals surface area contributed by atoms with E-state index in [2.05, 4.69) is 27.7 Å². The highest BCUT2D eigenvalue weighted by Gasteiger charge is 2.47. The molecule has 0 aromatic heterocycles. The van der Waals surface area contributed by atoms with Crippen LogP contribution in [0, 0.1) is 16.7 Å². The van der Waals surface area contributed by atoms with Crippen molar-refractivity contribution in [2.45, 2.75) is 118 Å². The van der Waals surface area contributed by atoms with Crippen molar-refractivity contribution in [3.8, 4) is 0 Å². The van der Waals surface area contributed by atoms with Crippen molar-refractivity contribution >= 4 is 5.97 Å². The average Bonchev–Trinajstić information content (AvgIpc) is 3.16. The lowest BCUT2D eigenvalue weighted by Crippen LogP contribution is -2.04. The Balaban J connectivity index is 1.92. The lowest BCUT2D eigenvalue weighted by atomic mass is 9.89. The van der Waals surface area contributed by atoms with Crippen molar-refractivity contribution in [1.82, 2.24) is 0 Å². The first kappa shape index (κ1) is 22.5. The number of ether oxygens (including phenoxy) is 1. The number of esters is 1. The Hall–Kier alpha value is -0.530. The Bertz CT molecular complexity index is 369. The molecular weight excluding hydrogens is 308 g/mol. The van der Waals surface area contributed by atoms with Gasteiger partial charge >= 0.3 is 5.97 Å². The molecular formula is C23H44O2. The Kier molecular flexibility index (Phi) is 10.1. The van der Waals surface area contributed by atoms with E-state index in [9.17, 15) is 4.79 Å². The molecule has 2 nitrogen and oxygen atoms in total. The molecule has 2 heteroatoms. The largest absolute Gasteiger partial charge is 0.466 e. The Morgan fingerprint density at radius 3 is 2.28 bits per heavy atom. The van der Waals surface area contributed by atoms with Crippen LogP contribution in [0.3, 0.4) is 0 Å². The van der Waals surface area contributed by atoms with Crippen molar-refractivity contribution in [3.63, 3.8) is 0 Å². The summed E-state index contributed by atoms with van der Waals surface area (Å²) in [5, 5.41) is 0. The number of unbranched alkanes of at least 4 members (excludes halogenated alkanes) is 6. The number of carbonyl (C=O) groups excluding carboxylic acids is 1. The molecule has 0 aromatic carbocycles. The van der Waals surface area contributed by atoms with Gasteiger partial charge < -0.3 is 4.74 Å². The van der Waals surface area contributed by atoms with E-state index in [1.54, 1.807) is 0 Å². The first-order valence-electron chi connectivity index (χ1n) is 10.9. The van der Waals surface area contributed by atoms with Crippen LogP contribution in [0.2, 0.25) is 0 Å². The molecule has 0 amide bonds. The minimum Gasteiger partial charge on any atom is -0.466 e. The average molecular weight is 353 g/mol. The van der Waals surface area contributed by atoms with E-state index in [4.69, 9.17) is 4.74 Å². The zero-order valence-corrected chi connectivity index (χ0v) is 17.8. The van der Waals surface area contributed by atoms with Crippen molar-refractivity contribution in [1.29, 1.82) is 0 Å². The predicted molar refractivity (Wildman–Crippen MR) is 108 cm³/mol. The summed E-state index contributed by atoms with van der Waals surface area (Å²) in [7, 11) is 0. The first-order chi connectivity index (χ1) is 11.8. The van der Waals surface area contributed by atoms with Gasteiger partial charge in [-0.1, -0.05) is 72.6 Å². The van der Waals surface area contributed by atoms with Crippen LogP contribution < -0.4 is 0 Å². The summed E-state index contributed by atoms with van der Waals surface area (Å²) in [6.07, 6.45) is 16.8. The molecule has 2 atom stereocenters. The molecule has 1 fully saturated rings. The molecule has 1 aliphatic carbocycles. The van der Waals surface area contributed by atoms with Crippen molar-refractivity contribution < 1.29 is 9.53 Å². The fourth-order valence-corrected chi connectivity index (χ4v) is 4.05. The van der Waals surface area contributed by atoms with Gasteiger partial charge in [-0.05, 0) is 55.8 Å². The van der Waals surface area contributed by atoms with Crippen LogP contribution in [-0.2, 0) is 9.53 Å². The molecule has 0 saturated heterocycles. The zero-order chi connectivity index (χ0) is 18.8. The minimum absolute atomic E-state index is 0.0245. The quantitative estimate of drug-likeness (QED) is 0.242. The van der Waals surface area contributed by atoms with Gasteiger partial charge in [0.1, 0.15) is 0 Å². The van der Waals surface area contributed by atoms with Crippen LogP contribution in [0.1, 0.15) is 118 Å². The van der Waals surface area contributed by atoms with E-state index in [0.717, 1.165) is 12.3 Å². The lowest BCUT2D eigenvalue weighted by Gasteiger charge is -2.17. The molecule has 0 bridgehead atoms. The lowest BCUT2D eigenvalue weighted by molar-refractivity contribution is -0.143. The van der Waals surface area contributed by atoms with Crippen LogP contribution in [0.25, 0.3) is 0 Å². The molecule has 0 spiro atoms. The van der Waals surface area contributed by atoms with Gasteiger partial charge in [0.2, 0.25) is 0 Å². The highest BCUT2D eigenvalue weighted by Crippen LogP contribution is 2.58. The summed E-state index contributed by atoms with van der Waals surface area (Å²) >= 11 is 0. The fourth-order valence-electron chi connectivity index (χ4n) is 4.05. The molecule has 0 N–H and O–H groups in total.